The summed E-state index contributed by atoms with van der Waals surface area (Å²) in [6.45, 7) is 5.71. The van der Waals surface area contributed by atoms with Crippen molar-refractivity contribution in [2.45, 2.75) is 18.7 Å². The van der Waals surface area contributed by atoms with E-state index in [-0.39, 0.29) is 38.1 Å². The van der Waals surface area contributed by atoms with E-state index in [0.29, 0.717) is 0 Å². The van der Waals surface area contributed by atoms with E-state index < -0.39 is 0 Å². The molecule has 1 unspecified atom stereocenters. The SMILES string of the molecule is C=C1N[C-]=C(C)CC1Cl.[Y]. The molecule has 1 nitrogen and oxygen atoms in total. The van der Waals surface area contributed by atoms with Crippen LogP contribution in [0.1, 0.15) is 13.3 Å². The molecule has 0 bridgehead atoms. The molecule has 10 heavy (non-hydrogen) atoms. The van der Waals surface area contributed by atoms with Gasteiger partial charge >= 0.3 is 0 Å². The van der Waals surface area contributed by atoms with Crippen molar-refractivity contribution in [3.05, 3.63) is 24.0 Å². The predicted molar refractivity (Wildman–Crippen MR) is 39.0 cm³/mol. The third-order valence-corrected chi connectivity index (χ3v) is 1.72. The van der Waals surface area contributed by atoms with E-state index in [9.17, 15) is 0 Å². The molecular formula is C7H9ClNY-. The molecule has 0 aromatic rings. The largest absolute Gasteiger partial charge is 0.526 e. The average molecular weight is 232 g/mol. The second-order valence-corrected chi connectivity index (χ2v) is 2.75. The summed E-state index contributed by atoms with van der Waals surface area (Å²) in [5.41, 5.74) is 2.00. The van der Waals surface area contributed by atoms with Gasteiger partial charge in [-0.1, -0.05) is 6.92 Å². The average Bonchev–Trinajstić information content (AvgIpc) is 1.80. The first-order valence-corrected chi connectivity index (χ1v) is 3.31. The molecule has 0 fully saturated rings. The van der Waals surface area contributed by atoms with Crippen LogP contribution in [0.5, 0.6) is 0 Å². The van der Waals surface area contributed by atoms with E-state index in [1.807, 2.05) is 6.92 Å². The Balaban J connectivity index is 0.000000810. The Bertz CT molecular complexity index is 165. The molecule has 53 valence electrons. The minimum atomic E-state index is 0. The summed E-state index contributed by atoms with van der Waals surface area (Å²) >= 11 is 5.84. The van der Waals surface area contributed by atoms with Crippen molar-refractivity contribution in [2.75, 3.05) is 0 Å². The first kappa shape index (κ1) is 10.7. The molecule has 1 aliphatic rings. The van der Waals surface area contributed by atoms with Gasteiger partial charge in [-0.15, -0.1) is 22.9 Å². The molecule has 1 aliphatic heterocycles. The second-order valence-electron chi connectivity index (χ2n) is 2.23. The predicted octanol–water partition coefficient (Wildman–Crippen LogP) is 1.81. The van der Waals surface area contributed by atoms with Crippen LogP contribution in [0.25, 0.3) is 0 Å². The van der Waals surface area contributed by atoms with Crippen LogP contribution in [-0.4, -0.2) is 5.38 Å². The second kappa shape index (κ2) is 4.53. The molecule has 0 amide bonds. The molecule has 1 heterocycles. The van der Waals surface area contributed by atoms with Crippen LogP contribution >= 0.6 is 11.6 Å². The van der Waals surface area contributed by atoms with Gasteiger partial charge in [0.2, 0.25) is 0 Å². The summed E-state index contributed by atoms with van der Waals surface area (Å²) in [5, 5.41) is 2.92. The van der Waals surface area contributed by atoms with Gasteiger partial charge in [0.1, 0.15) is 0 Å². The summed E-state index contributed by atoms with van der Waals surface area (Å²) in [7, 11) is 0. The standard InChI is InChI=1S/C7H9ClN.Y/c1-5-3-7(8)6(2)9-4-5;/h7,9H,2-3H2,1H3;/q-1;. The first-order valence-electron chi connectivity index (χ1n) is 2.87. The van der Waals surface area contributed by atoms with E-state index in [4.69, 9.17) is 11.6 Å². The van der Waals surface area contributed by atoms with E-state index >= 15 is 0 Å². The molecule has 1 radical (unpaired) electrons. The Hall–Kier alpha value is 0.674. The van der Waals surface area contributed by atoms with E-state index in [2.05, 4.69) is 18.1 Å². The molecule has 0 saturated carbocycles. The smallest absolute Gasteiger partial charge is 0.00900 e. The summed E-state index contributed by atoms with van der Waals surface area (Å²) in [6.07, 6.45) is 3.81. The van der Waals surface area contributed by atoms with Gasteiger partial charge in [0.05, 0.1) is 0 Å². The van der Waals surface area contributed by atoms with Crippen molar-refractivity contribution in [2.24, 2.45) is 0 Å². The summed E-state index contributed by atoms with van der Waals surface area (Å²) < 4.78 is 0. The Morgan fingerprint density at radius 3 is 2.80 bits per heavy atom. The number of hydrogen-bond donors (Lipinski definition) is 1. The summed E-state index contributed by atoms with van der Waals surface area (Å²) in [4.78, 5) is 0. The summed E-state index contributed by atoms with van der Waals surface area (Å²) in [5.74, 6) is 0. The number of hydrogen-bond acceptors (Lipinski definition) is 1. The number of halogens is 1. The van der Waals surface area contributed by atoms with E-state index in [0.717, 1.165) is 17.7 Å². The zero-order valence-electron chi connectivity index (χ0n) is 5.95. The fourth-order valence-corrected chi connectivity index (χ4v) is 0.994. The molecule has 1 atom stereocenters. The minimum Gasteiger partial charge on any atom is -0.526 e. The van der Waals surface area contributed by atoms with E-state index in [1.165, 1.54) is 0 Å². The summed E-state index contributed by atoms with van der Waals surface area (Å²) in [6, 6.07) is 0. The fraction of sp³-hybridized carbons (Fsp3) is 0.429. The molecule has 0 spiro atoms. The van der Waals surface area contributed by atoms with Crippen LogP contribution in [0, 0.1) is 6.20 Å². The maximum absolute atomic E-state index is 5.84. The van der Waals surface area contributed by atoms with Crippen LogP contribution in [0.4, 0.5) is 0 Å². The van der Waals surface area contributed by atoms with Crippen LogP contribution in [0.15, 0.2) is 17.8 Å². The van der Waals surface area contributed by atoms with Crippen LogP contribution in [0.2, 0.25) is 0 Å². The van der Waals surface area contributed by atoms with Crippen molar-refractivity contribution < 1.29 is 32.7 Å². The van der Waals surface area contributed by atoms with Gasteiger partial charge < -0.3 is 5.32 Å². The monoisotopic (exact) mass is 231 g/mol. The van der Waals surface area contributed by atoms with Gasteiger partial charge in [0, 0.05) is 38.1 Å². The molecule has 3 heteroatoms. The molecule has 0 aliphatic carbocycles. The quantitative estimate of drug-likeness (QED) is 0.495. The number of nitrogens with one attached hydrogen (secondary N) is 1. The van der Waals surface area contributed by atoms with Gasteiger partial charge in [-0.2, -0.15) is 12.8 Å². The van der Waals surface area contributed by atoms with Crippen molar-refractivity contribution in [1.82, 2.24) is 5.32 Å². The van der Waals surface area contributed by atoms with Crippen LogP contribution in [-0.2, 0) is 32.7 Å². The molecule has 1 N–H and O–H groups in total. The Morgan fingerprint density at radius 1 is 1.80 bits per heavy atom. The Morgan fingerprint density at radius 2 is 2.40 bits per heavy atom. The van der Waals surface area contributed by atoms with Gasteiger partial charge in [-0.25, -0.2) is 0 Å². The van der Waals surface area contributed by atoms with Gasteiger partial charge in [-0.05, 0) is 6.42 Å². The molecular weight excluding hydrogens is 222 g/mol. The Labute approximate surface area is 91.8 Å². The maximum Gasteiger partial charge on any atom is 0.00900 e. The van der Waals surface area contributed by atoms with Crippen LogP contribution < -0.4 is 5.32 Å². The molecule has 1 rings (SSSR count). The van der Waals surface area contributed by atoms with Crippen molar-refractivity contribution in [3.8, 4) is 0 Å². The Kier molecular flexibility index (Phi) is 4.84. The van der Waals surface area contributed by atoms with Gasteiger partial charge in [-0.3, -0.25) is 0 Å². The normalized spacial score (nSPS) is 24.4. The molecule has 0 saturated heterocycles. The van der Waals surface area contributed by atoms with Crippen molar-refractivity contribution >= 4 is 11.6 Å². The van der Waals surface area contributed by atoms with Crippen molar-refractivity contribution in [1.29, 1.82) is 0 Å². The van der Waals surface area contributed by atoms with Gasteiger partial charge in [0.25, 0.3) is 0 Å². The van der Waals surface area contributed by atoms with Crippen molar-refractivity contribution in [3.63, 3.8) is 0 Å². The maximum atomic E-state index is 5.84. The fourth-order valence-electron chi connectivity index (χ4n) is 0.708. The minimum absolute atomic E-state index is 0. The topological polar surface area (TPSA) is 12.0 Å². The molecule has 0 aromatic carbocycles. The van der Waals surface area contributed by atoms with E-state index in [1.54, 1.807) is 0 Å². The number of rotatable bonds is 0. The van der Waals surface area contributed by atoms with Crippen LogP contribution in [0.3, 0.4) is 0 Å². The number of alkyl halides is 1. The zero-order chi connectivity index (χ0) is 6.85. The third-order valence-electron chi connectivity index (χ3n) is 1.30. The number of allylic oxidation sites excluding steroid dienone is 2. The molecule has 0 aromatic heterocycles. The van der Waals surface area contributed by atoms with Gasteiger partial charge in [0.15, 0.2) is 0 Å². The zero-order valence-corrected chi connectivity index (χ0v) is 9.54. The third kappa shape index (κ3) is 2.73. The first-order chi connectivity index (χ1) is 4.20.